The summed E-state index contributed by atoms with van der Waals surface area (Å²) >= 11 is 0. The summed E-state index contributed by atoms with van der Waals surface area (Å²) < 4.78 is 18.6. The first-order valence-corrected chi connectivity index (χ1v) is 8.66. The zero-order valence-electron chi connectivity index (χ0n) is 13.9. The highest BCUT2D eigenvalue weighted by Gasteiger charge is 2.40. The Morgan fingerprint density at radius 1 is 1.08 bits per heavy atom. The van der Waals surface area contributed by atoms with Gasteiger partial charge in [-0.3, -0.25) is 4.90 Å². The topological polar surface area (TPSA) is 29.5 Å². The van der Waals surface area contributed by atoms with Crippen molar-refractivity contribution in [2.45, 2.75) is 38.0 Å². The van der Waals surface area contributed by atoms with Crippen molar-refractivity contribution in [1.29, 1.82) is 0 Å². The van der Waals surface area contributed by atoms with Gasteiger partial charge in [-0.15, -0.1) is 0 Å². The predicted octanol–water partition coefficient (Wildman–Crippen LogP) is 4.78. The number of rotatable bonds is 3. The summed E-state index contributed by atoms with van der Waals surface area (Å²) in [6.07, 6.45) is 4.62. The normalized spacial score (nSPS) is 21.8. The van der Waals surface area contributed by atoms with Gasteiger partial charge < -0.3 is 4.74 Å². The van der Waals surface area contributed by atoms with Gasteiger partial charge in [-0.1, -0.05) is 48.5 Å². The number of fused-ring (bicyclic) bond motifs is 2. The molecule has 0 radical (unpaired) electrons. The maximum absolute atomic E-state index is 13.1. The third kappa shape index (κ3) is 3.29. The number of nitrogens with zero attached hydrogens (tertiary/aromatic N) is 1. The lowest BCUT2D eigenvalue weighted by molar-refractivity contribution is 0.0832. The van der Waals surface area contributed by atoms with E-state index in [1.54, 1.807) is 0 Å². The van der Waals surface area contributed by atoms with Gasteiger partial charge in [0.05, 0.1) is 6.04 Å². The molecule has 1 amide bonds. The third-order valence-electron chi connectivity index (χ3n) is 5.03. The molecule has 2 aliphatic rings. The first-order chi connectivity index (χ1) is 12.2. The van der Waals surface area contributed by atoms with E-state index in [2.05, 4.69) is 6.08 Å². The van der Waals surface area contributed by atoms with Crippen LogP contribution in [0.25, 0.3) is 5.57 Å². The van der Waals surface area contributed by atoms with Crippen molar-refractivity contribution < 1.29 is 13.9 Å². The Hall–Kier alpha value is -2.62. The van der Waals surface area contributed by atoms with E-state index in [4.69, 9.17) is 4.74 Å². The first kappa shape index (κ1) is 15.9. The van der Waals surface area contributed by atoms with Crippen LogP contribution in [0.5, 0.6) is 0 Å². The average molecular weight is 337 g/mol. The highest BCUT2D eigenvalue weighted by Crippen LogP contribution is 2.39. The van der Waals surface area contributed by atoms with Crippen LogP contribution in [0.4, 0.5) is 9.18 Å². The van der Waals surface area contributed by atoms with Crippen LogP contribution in [-0.2, 0) is 11.3 Å². The molecule has 2 aromatic rings. The largest absolute Gasteiger partial charge is 0.445 e. The van der Waals surface area contributed by atoms with Crippen molar-refractivity contribution in [1.82, 2.24) is 4.90 Å². The summed E-state index contributed by atoms with van der Waals surface area (Å²) in [5.74, 6) is -0.228. The van der Waals surface area contributed by atoms with E-state index in [9.17, 15) is 9.18 Å². The van der Waals surface area contributed by atoms with Gasteiger partial charge in [0, 0.05) is 6.04 Å². The maximum atomic E-state index is 13.1. The molecule has 0 spiro atoms. The van der Waals surface area contributed by atoms with Gasteiger partial charge in [0.15, 0.2) is 0 Å². The second-order valence-electron chi connectivity index (χ2n) is 6.65. The zero-order chi connectivity index (χ0) is 17.2. The zero-order valence-corrected chi connectivity index (χ0v) is 13.9. The lowest BCUT2D eigenvalue weighted by Crippen LogP contribution is -2.43. The van der Waals surface area contributed by atoms with Crippen LogP contribution in [0.2, 0.25) is 0 Å². The number of carbonyl (C=O) groups excluding carboxylic acids is 1. The van der Waals surface area contributed by atoms with Crippen molar-refractivity contribution in [2.24, 2.45) is 0 Å². The smallest absolute Gasteiger partial charge is 0.410 e. The van der Waals surface area contributed by atoms with Crippen molar-refractivity contribution in [3.8, 4) is 0 Å². The molecular formula is C21H20FNO2. The Morgan fingerprint density at radius 3 is 2.56 bits per heavy atom. The molecule has 0 aromatic heterocycles. The maximum Gasteiger partial charge on any atom is 0.410 e. The van der Waals surface area contributed by atoms with Crippen molar-refractivity contribution in [3.05, 3.63) is 77.6 Å². The number of carbonyl (C=O) groups is 1. The van der Waals surface area contributed by atoms with Crippen molar-refractivity contribution in [3.63, 3.8) is 0 Å². The summed E-state index contributed by atoms with van der Waals surface area (Å²) in [6.45, 7) is 0.296. The van der Waals surface area contributed by atoms with Gasteiger partial charge >= 0.3 is 6.09 Å². The van der Waals surface area contributed by atoms with E-state index < -0.39 is 0 Å². The Balaban J connectivity index is 1.46. The molecule has 0 N–H and O–H groups in total. The molecule has 1 fully saturated rings. The average Bonchev–Trinajstić information content (AvgIpc) is 2.91. The van der Waals surface area contributed by atoms with Crippen LogP contribution in [-0.4, -0.2) is 23.1 Å². The molecule has 2 bridgehead atoms. The fraction of sp³-hybridized carbons (Fsp3) is 0.286. The number of hydrogen-bond acceptors (Lipinski definition) is 2. The van der Waals surface area contributed by atoms with E-state index in [1.807, 2.05) is 47.4 Å². The van der Waals surface area contributed by atoms with E-state index in [0.717, 1.165) is 30.4 Å². The number of amides is 1. The van der Waals surface area contributed by atoms with Gasteiger partial charge in [-0.25, -0.2) is 9.18 Å². The van der Waals surface area contributed by atoms with Crippen LogP contribution < -0.4 is 0 Å². The Morgan fingerprint density at radius 2 is 1.84 bits per heavy atom. The molecule has 128 valence electrons. The number of hydrogen-bond donors (Lipinski definition) is 0. The highest BCUT2D eigenvalue weighted by atomic mass is 19.1. The molecule has 25 heavy (non-hydrogen) atoms. The molecule has 2 heterocycles. The minimum atomic E-state index is -0.245. The minimum absolute atomic E-state index is 0.0714. The van der Waals surface area contributed by atoms with E-state index in [-0.39, 0.29) is 24.0 Å². The van der Waals surface area contributed by atoms with Gasteiger partial charge in [0.25, 0.3) is 0 Å². The van der Waals surface area contributed by atoms with Gasteiger partial charge in [-0.2, -0.15) is 0 Å². The van der Waals surface area contributed by atoms with Gasteiger partial charge in [-0.05, 0) is 48.1 Å². The molecule has 0 saturated carbocycles. The van der Waals surface area contributed by atoms with Crippen LogP contribution in [0, 0.1) is 5.82 Å². The predicted molar refractivity (Wildman–Crippen MR) is 94.3 cm³/mol. The van der Waals surface area contributed by atoms with Crippen LogP contribution >= 0.6 is 0 Å². The van der Waals surface area contributed by atoms with Gasteiger partial charge in [0.1, 0.15) is 12.4 Å². The molecule has 3 nitrogen and oxygen atoms in total. The summed E-state index contributed by atoms with van der Waals surface area (Å²) in [4.78, 5) is 14.4. The van der Waals surface area contributed by atoms with E-state index in [1.165, 1.54) is 17.7 Å². The molecule has 4 rings (SSSR count). The van der Waals surface area contributed by atoms with Crippen LogP contribution in [0.3, 0.4) is 0 Å². The standard InChI is InChI=1S/C21H20FNO2/c22-18-8-6-16(7-9-18)17-12-19-10-11-20(13-17)23(19)21(24)25-14-15-4-2-1-3-5-15/h1-9,12,19-20H,10-11,13-14H2. The second kappa shape index (κ2) is 6.71. The number of benzene rings is 2. The van der Waals surface area contributed by atoms with Gasteiger partial charge in [0.2, 0.25) is 0 Å². The monoisotopic (exact) mass is 337 g/mol. The Labute approximate surface area is 146 Å². The molecule has 0 aliphatic carbocycles. The molecule has 2 unspecified atom stereocenters. The molecule has 2 aromatic carbocycles. The first-order valence-electron chi connectivity index (χ1n) is 8.66. The van der Waals surface area contributed by atoms with Crippen LogP contribution in [0.15, 0.2) is 60.7 Å². The molecule has 4 heteroatoms. The molecule has 2 aliphatic heterocycles. The number of ether oxygens (including phenoxy) is 1. The second-order valence-corrected chi connectivity index (χ2v) is 6.65. The minimum Gasteiger partial charge on any atom is -0.445 e. The summed E-state index contributed by atoms with van der Waals surface area (Å²) in [5.41, 5.74) is 3.22. The SMILES string of the molecule is O=C(OCc1ccccc1)N1C2C=C(c3ccc(F)cc3)CC1CC2. The Kier molecular flexibility index (Phi) is 4.26. The van der Waals surface area contributed by atoms with Crippen molar-refractivity contribution in [2.75, 3.05) is 0 Å². The highest BCUT2D eigenvalue weighted by molar-refractivity contribution is 5.75. The quantitative estimate of drug-likeness (QED) is 0.806. The molecular weight excluding hydrogens is 317 g/mol. The fourth-order valence-corrected chi connectivity index (χ4v) is 3.79. The summed E-state index contributed by atoms with van der Waals surface area (Å²) in [6, 6.07) is 16.5. The number of halogens is 1. The lowest BCUT2D eigenvalue weighted by atomic mass is 9.95. The lowest BCUT2D eigenvalue weighted by Gasteiger charge is -2.33. The molecule has 2 atom stereocenters. The fourth-order valence-electron chi connectivity index (χ4n) is 3.79. The molecule has 1 saturated heterocycles. The van der Waals surface area contributed by atoms with E-state index >= 15 is 0 Å². The van der Waals surface area contributed by atoms with E-state index in [0.29, 0.717) is 6.61 Å². The summed E-state index contributed by atoms with van der Waals surface area (Å²) in [7, 11) is 0. The Bertz CT molecular complexity index is 785. The third-order valence-corrected chi connectivity index (χ3v) is 5.03. The van der Waals surface area contributed by atoms with Crippen LogP contribution in [0.1, 0.15) is 30.4 Å². The van der Waals surface area contributed by atoms with Crippen molar-refractivity contribution >= 4 is 11.7 Å². The summed E-state index contributed by atoms with van der Waals surface area (Å²) in [5, 5.41) is 0.